The summed E-state index contributed by atoms with van der Waals surface area (Å²) in [5, 5.41) is 9.42. The molecular formula is C8H12N2O2. The van der Waals surface area contributed by atoms with Crippen LogP contribution in [0.15, 0.2) is 18.6 Å². The second kappa shape index (κ2) is 4.79. The van der Waals surface area contributed by atoms with Crippen molar-refractivity contribution in [3.05, 3.63) is 24.3 Å². The van der Waals surface area contributed by atoms with Crippen LogP contribution in [-0.4, -0.2) is 28.3 Å². The molecule has 0 saturated heterocycles. The van der Waals surface area contributed by atoms with Gasteiger partial charge in [0.15, 0.2) is 0 Å². The molecule has 1 N–H and O–H groups in total. The Labute approximate surface area is 71.2 Å². The first-order chi connectivity index (χ1) is 5.84. The summed E-state index contributed by atoms with van der Waals surface area (Å²) in [6.07, 6.45) is 3.98. The van der Waals surface area contributed by atoms with Crippen molar-refractivity contribution in [2.45, 2.75) is 13.0 Å². The molecule has 0 aliphatic heterocycles. The predicted octanol–water partition coefficient (Wildman–Crippen LogP) is 0.546. The van der Waals surface area contributed by atoms with E-state index in [1.165, 1.54) is 6.20 Å². The number of ether oxygens (including phenoxy) is 1. The number of aliphatic hydroxyl groups is 1. The van der Waals surface area contributed by atoms with Crippen molar-refractivity contribution in [1.82, 2.24) is 9.97 Å². The summed E-state index contributed by atoms with van der Waals surface area (Å²) < 4.78 is 5.03. The zero-order valence-electron chi connectivity index (χ0n) is 6.97. The third kappa shape index (κ3) is 2.56. The van der Waals surface area contributed by atoms with Crippen molar-refractivity contribution in [1.29, 1.82) is 0 Å². The van der Waals surface area contributed by atoms with E-state index in [-0.39, 0.29) is 6.61 Å². The molecule has 1 rings (SSSR count). The minimum absolute atomic E-state index is 0.273. The topological polar surface area (TPSA) is 55.2 Å². The van der Waals surface area contributed by atoms with Crippen LogP contribution in [0.3, 0.4) is 0 Å². The van der Waals surface area contributed by atoms with Gasteiger partial charge in [-0.05, 0) is 6.92 Å². The maximum Gasteiger partial charge on any atom is 0.121 e. The van der Waals surface area contributed by atoms with Gasteiger partial charge in [-0.2, -0.15) is 0 Å². The van der Waals surface area contributed by atoms with Crippen molar-refractivity contribution in [2.75, 3.05) is 13.2 Å². The van der Waals surface area contributed by atoms with Gasteiger partial charge in [-0.15, -0.1) is 0 Å². The van der Waals surface area contributed by atoms with E-state index in [1.807, 2.05) is 6.92 Å². The molecule has 0 bridgehead atoms. The fourth-order valence-corrected chi connectivity index (χ4v) is 0.798. The highest BCUT2D eigenvalue weighted by atomic mass is 16.5. The van der Waals surface area contributed by atoms with Gasteiger partial charge in [0.1, 0.15) is 6.10 Å². The quantitative estimate of drug-likeness (QED) is 0.713. The Hall–Kier alpha value is -1.00. The average molecular weight is 168 g/mol. The molecule has 1 aromatic rings. The number of aromatic nitrogens is 2. The fraction of sp³-hybridized carbons (Fsp3) is 0.500. The van der Waals surface area contributed by atoms with Crippen LogP contribution in [0, 0.1) is 0 Å². The number of aliphatic hydroxyl groups excluding tert-OH is 1. The number of hydrogen-bond donors (Lipinski definition) is 1. The van der Waals surface area contributed by atoms with E-state index < -0.39 is 6.10 Å². The molecule has 1 heterocycles. The van der Waals surface area contributed by atoms with Gasteiger partial charge in [-0.3, -0.25) is 9.97 Å². The highest BCUT2D eigenvalue weighted by Crippen LogP contribution is 2.06. The first-order valence-electron chi connectivity index (χ1n) is 3.86. The summed E-state index contributed by atoms with van der Waals surface area (Å²) in [4.78, 5) is 7.77. The monoisotopic (exact) mass is 168 g/mol. The highest BCUT2D eigenvalue weighted by molar-refractivity contribution is 4.98. The molecule has 0 radical (unpaired) electrons. The smallest absolute Gasteiger partial charge is 0.121 e. The zero-order valence-corrected chi connectivity index (χ0v) is 6.97. The molecule has 1 unspecified atom stereocenters. The molecular weight excluding hydrogens is 156 g/mol. The molecule has 1 atom stereocenters. The van der Waals surface area contributed by atoms with E-state index in [4.69, 9.17) is 4.74 Å². The Bertz CT molecular complexity index is 216. The molecule has 0 fully saturated rings. The summed E-state index contributed by atoms with van der Waals surface area (Å²) in [6, 6.07) is 0. The lowest BCUT2D eigenvalue weighted by atomic mass is 10.3. The van der Waals surface area contributed by atoms with Gasteiger partial charge >= 0.3 is 0 Å². The van der Waals surface area contributed by atoms with Gasteiger partial charge in [0.2, 0.25) is 0 Å². The second-order valence-corrected chi connectivity index (χ2v) is 2.31. The van der Waals surface area contributed by atoms with Gasteiger partial charge < -0.3 is 9.84 Å². The third-order valence-corrected chi connectivity index (χ3v) is 1.40. The molecule has 0 saturated carbocycles. The largest absolute Gasteiger partial charge is 0.384 e. The Morgan fingerprint density at radius 2 is 2.42 bits per heavy atom. The van der Waals surface area contributed by atoms with Crippen LogP contribution < -0.4 is 0 Å². The molecule has 0 aliphatic carbocycles. The minimum atomic E-state index is -0.668. The number of rotatable bonds is 4. The highest BCUT2D eigenvalue weighted by Gasteiger charge is 2.07. The molecule has 66 valence electrons. The van der Waals surface area contributed by atoms with Gasteiger partial charge in [0.05, 0.1) is 18.5 Å². The molecule has 0 aromatic carbocycles. The molecule has 0 aliphatic rings. The number of nitrogens with zero attached hydrogens (tertiary/aromatic N) is 2. The van der Waals surface area contributed by atoms with Gasteiger partial charge in [0.25, 0.3) is 0 Å². The third-order valence-electron chi connectivity index (χ3n) is 1.40. The minimum Gasteiger partial charge on any atom is -0.384 e. The van der Waals surface area contributed by atoms with Gasteiger partial charge in [-0.25, -0.2) is 0 Å². The number of hydrogen-bond acceptors (Lipinski definition) is 4. The normalized spacial score (nSPS) is 12.8. The van der Waals surface area contributed by atoms with E-state index in [1.54, 1.807) is 12.4 Å². The van der Waals surface area contributed by atoms with Crippen LogP contribution in [-0.2, 0) is 4.74 Å². The van der Waals surface area contributed by atoms with E-state index in [0.29, 0.717) is 12.3 Å². The Kier molecular flexibility index (Phi) is 3.63. The molecule has 4 heteroatoms. The van der Waals surface area contributed by atoms with E-state index in [2.05, 4.69) is 9.97 Å². The van der Waals surface area contributed by atoms with Crippen LogP contribution in [0.25, 0.3) is 0 Å². The lowest BCUT2D eigenvalue weighted by molar-refractivity contribution is 0.0396. The van der Waals surface area contributed by atoms with Crippen LogP contribution >= 0.6 is 0 Å². The van der Waals surface area contributed by atoms with Crippen LogP contribution in [0.1, 0.15) is 18.7 Å². The van der Waals surface area contributed by atoms with Crippen molar-refractivity contribution >= 4 is 0 Å². The summed E-state index contributed by atoms with van der Waals surface area (Å²) >= 11 is 0. The van der Waals surface area contributed by atoms with Gasteiger partial charge in [0, 0.05) is 19.0 Å². The van der Waals surface area contributed by atoms with Crippen molar-refractivity contribution < 1.29 is 9.84 Å². The van der Waals surface area contributed by atoms with E-state index in [0.717, 1.165) is 0 Å². The molecule has 12 heavy (non-hydrogen) atoms. The van der Waals surface area contributed by atoms with Crippen molar-refractivity contribution in [2.24, 2.45) is 0 Å². The standard InChI is InChI=1S/C8H12N2O2/c1-2-12-6-8(11)7-5-9-3-4-10-7/h3-5,8,11H,2,6H2,1H3. The van der Waals surface area contributed by atoms with Crippen molar-refractivity contribution in [3.63, 3.8) is 0 Å². The summed E-state index contributed by atoms with van der Waals surface area (Å²) in [5.74, 6) is 0. The predicted molar refractivity (Wildman–Crippen MR) is 43.5 cm³/mol. The Balaban J connectivity index is 2.48. The molecule has 0 amide bonds. The fourth-order valence-electron chi connectivity index (χ4n) is 0.798. The van der Waals surface area contributed by atoms with E-state index >= 15 is 0 Å². The average Bonchev–Trinajstić information content (AvgIpc) is 2.15. The SMILES string of the molecule is CCOCC(O)c1cnccn1. The second-order valence-electron chi connectivity index (χ2n) is 2.31. The van der Waals surface area contributed by atoms with Crippen molar-refractivity contribution in [3.8, 4) is 0 Å². The van der Waals surface area contributed by atoms with Gasteiger partial charge in [-0.1, -0.05) is 0 Å². The lowest BCUT2D eigenvalue weighted by Crippen LogP contribution is -2.08. The van der Waals surface area contributed by atoms with Crippen LogP contribution in [0.4, 0.5) is 0 Å². The van der Waals surface area contributed by atoms with E-state index in [9.17, 15) is 5.11 Å². The van der Waals surface area contributed by atoms with Crippen LogP contribution in [0.2, 0.25) is 0 Å². The Morgan fingerprint density at radius 1 is 1.58 bits per heavy atom. The summed E-state index contributed by atoms with van der Waals surface area (Å²) in [6.45, 7) is 2.75. The first kappa shape index (κ1) is 9.09. The summed E-state index contributed by atoms with van der Waals surface area (Å²) in [7, 11) is 0. The molecule has 1 aromatic heterocycles. The lowest BCUT2D eigenvalue weighted by Gasteiger charge is -2.08. The molecule has 0 spiro atoms. The molecule has 4 nitrogen and oxygen atoms in total. The zero-order chi connectivity index (χ0) is 8.81. The summed E-state index contributed by atoms with van der Waals surface area (Å²) in [5.41, 5.74) is 0.547. The van der Waals surface area contributed by atoms with Crippen LogP contribution in [0.5, 0.6) is 0 Å². The Morgan fingerprint density at radius 3 is 3.00 bits per heavy atom. The first-order valence-corrected chi connectivity index (χ1v) is 3.86. The maximum absolute atomic E-state index is 9.42. The maximum atomic E-state index is 9.42.